The predicted octanol–water partition coefficient (Wildman–Crippen LogP) is 0.953. The molecule has 1 aromatic rings. The van der Waals surface area contributed by atoms with Gasteiger partial charge in [-0.05, 0) is 5.56 Å². The molecular formula is C12H9N3O2. The van der Waals surface area contributed by atoms with Gasteiger partial charge in [-0.1, -0.05) is 30.3 Å². The summed E-state index contributed by atoms with van der Waals surface area (Å²) in [4.78, 5) is 27.1. The minimum atomic E-state index is -0.684. The summed E-state index contributed by atoms with van der Waals surface area (Å²) >= 11 is 0. The SMILES string of the molecule is [N-]=[N+]=CC(c1ccccc1)N1C(=O)C=CC1=O. The molecule has 0 aromatic heterocycles. The number of imide groups is 1. The van der Waals surface area contributed by atoms with Crippen LogP contribution in [0.25, 0.3) is 5.53 Å². The molecule has 0 aliphatic carbocycles. The van der Waals surface area contributed by atoms with Crippen molar-refractivity contribution < 1.29 is 14.4 Å². The number of carbonyl (C=O) groups excluding carboxylic acids is 2. The fourth-order valence-corrected chi connectivity index (χ4v) is 1.70. The molecule has 0 radical (unpaired) electrons. The Morgan fingerprint density at radius 3 is 2.24 bits per heavy atom. The van der Waals surface area contributed by atoms with E-state index in [1.807, 2.05) is 6.07 Å². The predicted molar refractivity (Wildman–Crippen MR) is 59.9 cm³/mol. The van der Waals surface area contributed by atoms with Crippen molar-refractivity contribution in [2.75, 3.05) is 0 Å². The maximum absolute atomic E-state index is 11.5. The normalized spacial score (nSPS) is 15.9. The Morgan fingerprint density at radius 2 is 1.71 bits per heavy atom. The molecule has 1 heterocycles. The molecular weight excluding hydrogens is 218 g/mol. The highest BCUT2D eigenvalue weighted by atomic mass is 16.2. The number of carbonyl (C=O) groups is 2. The number of amides is 2. The van der Waals surface area contributed by atoms with Crippen molar-refractivity contribution >= 4 is 18.0 Å². The molecule has 0 spiro atoms. The van der Waals surface area contributed by atoms with E-state index in [9.17, 15) is 9.59 Å². The van der Waals surface area contributed by atoms with E-state index in [0.29, 0.717) is 5.56 Å². The number of hydrogen-bond acceptors (Lipinski definition) is 2. The second-order valence-corrected chi connectivity index (χ2v) is 3.50. The molecule has 0 bridgehead atoms. The van der Waals surface area contributed by atoms with Crippen LogP contribution in [0.4, 0.5) is 0 Å². The van der Waals surface area contributed by atoms with Gasteiger partial charge in [-0.15, -0.1) is 0 Å². The van der Waals surface area contributed by atoms with Crippen LogP contribution in [0.15, 0.2) is 42.5 Å². The molecule has 1 aliphatic heterocycles. The minimum absolute atomic E-state index is 0.413. The zero-order chi connectivity index (χ0) is 12.3. The topological polar surface area (TPSA) is 73.8 Å². The van der Waals surface area contributed by atoms with Gasteiger partial charge in [0.05, 0.1) is 0 Å². The largest absolute Gasteiger partial charge is 0.362 e. The number of benzene rings is 1. The Balaban J connectivity index is 2.40. The minimum Gasteiger partial charge on any atom is -0.362 e. The van der Waals surface area contributed by atoms with Crippen molar-refractivity contribution in [2.45, 2.75) is 6.04 Å². The van der Waals surface area contributed by atoms with E-state index in [1.54, 1.807) is 24.3 Å². The highest BCUT2D eigenvalue weighted by molar-refractivity contribution is 6.14. The first kappa shape index (κ1) is 11.0. The summed E-state index contributed by atoms with van der Waals surface area (Å²) in [6, 6.07) is 8.22. The van der Waals surface area contributed by atoms with E-state index in [-0.39, 0.29) is 0 Å². The second-order valence-electron chi connectivity index (χ2n) is 3.50. The van der Waals surface area contributed by atoms with Gasteiger partial charge in [0, 0.05) is 12.2 Å². The standard InChI is InChI=1S/C12H9N3O2/c13-14-8-10(9-4-2-1-3-5-9)15-11(16)6-7-12(15)17/h1-8,10H. The van der Waals surface area contributed by atoms with E-state index < -0.39 is 17.9 Å². The number of nitrogens with zero attached hydrogens (tertiary/aromatic N) is 3. The third-order valence-corrected chi connectivity index (χ3v) is 2.47. The Labute approximate surface area is 97.6 Å². The molecule has 1 aromatic carbocycles. The summed E-state index contributed by atoms with van der Waals surface area (Å²) in [5.74, 6) is -0.826. The van der Waals surface area contributed by atoms with Crippen LogP contribution in [0.5, 0.6) is 0 Å². The van der Waals surface area contributed by atoms with Crippen molar-refractivity contribution in [3.8, 4) is 0 Å². The molecule has 84 valence electrons. The van der Waals surface area contributed by atoms with Crippen LogP contribution in [-0.2, 0) is 9.59 Å². The maximum Gasteiger partial charge on any atom is 0.284 e. The smallest absolute Gasteiger partial charge is 0.284 e. The monoisotopic (exact) mass is 227 g/mol. The van der Waals surface area contributed by atoms with Crippen LogP contribution in [0.3, 0.4) is 0 Å². The Hall–Kier alpha value is -2.52. The lowest BCUT2D eigenvalue weighted by Gasteiger charge is -2.19. The molecule has 5 nitrogen and oxygen atoms in total. The van der Waals surface area contributed by atoms with E-state index >= 15 is 0 Å². The van der Waals surface area contributed by atoms with Gasteiger partial charge in [0.2, 0.25) is 0 Å². The zero-order valence-corrected chi connectivity index (χ0v) is 8.85. The van der Waals surface area contributed by atoms with Crippen molar-refractivity contribution in [3.05, 3.63) is 53.6 Å². The molecule has 5 heteroatoms. The summed E-state index contributed by atoms with van der Waals surface area (Å²) in [5.41, 5.74) is 9.33. The highest BCUT2D eigenvalue weighted by Gasteiger charge is 2.33. The second kappa shape index (κ2) is 4.55. The summed E-state index contributed by atoms with van der Waals surface area (Å²) < 4.78 is 0. The van der Waals surface area contributed by atoms with Gasteiger partial charge in [-0.25, -0.2) is 0 Å². The van der Waals surface area contributed by atoms with E-state index in [4.69, 9.17) is 5.53 Å². The molecule has 2 rings (SSSR count). The molecule has 2 amide bonds. The van der Waals surface area contributed by atoms with Crippen LogP contribution in [0, 0.1) is 0 Å². The van der Waals surface area contributed by atoms with Crippen LogP contribution >= 0.6 is 0 Å². The highest BCUT2D eigenvalue weighted by Crippen LogP contribution is 2.21. The molecule has 1 unspecified atom stereocenters. The quantitative estimate of drug-likeness (QED) is 0.334. The van der Waals surface area contributed by atoms with Crippen molar-refractivity contribution in [2.24, 2.45) is 0 Å². The maximum atomic E-state index is 11.5. The van der Waals surface area contributed by atoms with E-state index in [2.05, 4.69) is 4.79 Å². The fourth-order valence-electron chi connectivity index (χ4n) is 1.70. The fraction of sp³-hybridized carbons (Fsp3) is 0.0833. The lowest BCUT2D eigenvalue weighted by Crippen LogP contribution is -2.35. The van der Waals surface area contributed by atoms with Crippen LogP contribution < -0.4 is 0 Å². The van der Waals surface area contributed by atoms with Gasteiger partial charge >= 0.3 is 0 Å². The van der Waals surface area contributed by atoms with Gasteiger partial charge in [-0.2, -0.15) is 4.79 Å². The van der Waals surface area contributed by atoms with Gasteiger partial charge in [0.25, 0.3) is 18.0 Å². The average molecular weight is 227 g/mol. The Bertz CT molecular complexity index is 512. The Morgan fingerprint density at radius 1 is 1.12 bits per heavy atom. The molecule has 1 atom stereocenters. The average Bonchev–Trinajstić information content (AvgIpc) is 2.68. The van der Waals surface area contributed by atoms with E-state index in [0.717, 1.165) is 11.1 Å². The molecule has 0 saturated heterocycles. The third kappa shape index (κ3) is 2.04. The third-order valence-electron chi connectivity index (χ3n) is 2.47. The van der Waals surface area contributed by atoms with Gasteiger partial charge < -0.3 is 5.53 Å². The summed E-state index contributed by atoms with van der Waals surface area (Å²) in [6.07, 6.45) is 3.55. The molecule has 0 saturated carbocycles. The Kier molecular flexibility index (Phi) is 2.94. The first-order valence-electron chi connectivity index (χ1n) is 5.02. The van der Waals surface area contributed by atoms with Crippen LogP contribution in [0.1, 0.15) is 11.6 Å². The lowest BCUT2D eigenvalue weighted by molar-refractivity contribution is -0.138. The molecule has 0 N–H and O–H groups in total. The molecule has 0 fully saturated rings. The van der Waals surface area contributed by atoms with Gasteiger partial charge in [0.1, 0.15) is 0 Å². The van der Waals surface area contributed by atoms with Gasteiger partial charge in [0.15, 0.2) is 6.04 Å². The van der Waals surface area contributed by atoms with Crippen LogP contribution in [0.2, 0.25) is 0 Å². The van der Waals surface area contributed by atoms with Crippen molar-refractivity contribution in [1.82, 2.24) is 4.90 Å². The number of hydrogen-bond donors (Lipinski definition) is 0. The summed E-state index contributed by atoms with van der Waals surface area (Å²) in [7, 11) is 0. The van der Waals surface area contributed by atoms with Crippen molar-refractivity contribution in [3.63, 3.8) is 0 Å². The summed E-state index contributed by atoms with van der Waals surface area (Å²) in [6.45, 7) is 0. The number of rotatable bonds is 3. The lowest BCUT2D eigenvalue weighted by atomic mass is 10.1. The van der Waals surface area contributed by atoms with Crippen molar-refractivity contribution in [1.29, 1.82) is 0 Å². The zero-order valence-electron chi connectivity index (χ0n) is 8.85. The van der Waals surface area contributed by atoms with E-state index in [1.165, 1.54) is 12.2 Å². The first-order valence-corrected chi connectivity index (χ1v) is 5.02. The first-order chi connectivity index (χ1) is 8.24. The van der Waals surface area contributed by atoms with Gasteiger partial charge in [-0.3, -0.25) is 14.5 Å². The summed E-state index contributed by atoms with van der Waals surface area (Å²) in [5, 5.41) is 0. The molecule has 1 aliphatic rings. The molecule has 17 heavy (non-hydrogen) atoms. The van der Waals surface area contributed by atoms with Crippen LogP contribution in [-0.4, -0.2) is 27.7 Å².